The van der Waals surface area contributed by atoms with Gasteiger partial charge < -0.3 is 16.0 Å². The molecule has 2 atom stereocenters. The molecule has 1 saturated heterocycles. The zero-order valence-corrected chi connectivity index (χ0v) is 13.0. The Morgan fingerprint density at radius 2 is 1.74 bits per heavy atom. The number of amides is 3. The van der Waals surface area contributed by atoms with Crippen LogP contribution in [-0.2, 0) is 4.79 Å². The van der Waals surface area contributed by atoms with Crippen LogP contribution < -0.4 is 16.0 Å². The zero-order chi connectivity index (χ0) is 16.2. The van der Waals surface area contributed by atoms with Gasteiger partial charge in [-0.3, -0.25) is 4.79 Å². The van der Waals surface area contributed by atoms with Crippen molar-refractivity contribution < 1.29 is 9.59 Å². The maximum atomic E-state index is 12.4. The average molecular weight is 330 g/mol. The van der Waals surface area contributed by atoms with E-state index in [1.165, 1.54) is 0 Å². The first-order chi connectivity index (χ1) is 11.1. The molecule has 0 aliphatic carbocycles. The third kappa shape index (κ3) is 3.63. The lowest BCUT2D eigenvalue weighted by atomic mass is 9.98. The van der Waals surface area contributed by atoms with E-state index in [1.807, 2.05) is 42.5 Å². The SMILES string of the molecule is O=C1NCC(C(=O)NC(c2ccccc2)c2ccc(Cl)cc2)N1. The summed E-state index contributed by atoms with van der Waals surface area (Å²) in [5.74, 6) is -0.229. The Balaban J connectivity index is 1.85. The maximum Gasteiger partial charge on any atom is 0.315 e. The first kappa shape index (κ1) is 15.4. The van der Waals surface area contributed by atoms with Crippen molar-refractivity contribution in [2.45, 2.75) is 12.1 Å². The maximum absolute atomic E-state index is 12.4. The molecule has 118 valence electrons. The number of carbonyl (C=O) groups is 2. The summed E-state index contributed by atoms with van der Waals surface area (Å²) in [5.41, 5.74) is 1.88. The van der Waals surface area contributed by atoms with Gasteiger partial charge in [-0.05, 0) is 23.3 Å². The Kier molecular flexibility index (Phi) is 4.48. The fourth-order valence-electron chi connectivity index (χ4n) is 2.52. The topological polar surface area (TPSA) is 70.2 Å². The number of nitrogens with one attached hydrogen (secondary N) is 3. The summed E-state index contributed by atoms with van der Waals surface area (Å²) in [7, 11) is 0. The van der Waals surface area contributed by atoms with E-state index in [4.69, 9.17) is 11.6 Å². The summed E-state index contributed by atoms with van der Waals surface area (Å²) in [6.45, 7) is 0.285. The van der Waals surface area contributed by atoms with E-state index in [0.717, 1.165) is 11.1 Å². The fourth-order valence-corrected chi connectivity index (χ4v) is 2.64. The van der Waals surface area contributed by atoms with Crippen molar-refractivity contribution in [1.29, 1.82) is 0 Å². The van der Waals surface area contributed by atoms with Crippen LogP contribution in [0.2, 0.25) is 5.02 Å². The monoisotopic (exact) mass is 329 g/mol. The number of rotatable bonds is 4. The largest absolute Gasteiger partial charge is 0.343 e. The number of hydrogen-bond donors (Lipinski definition) is 3. The Morgan fingerprint density at radius 1 is 1.09 bits per heavy atom. The van der Waals surface area contributed by atoms with Crippen molar-refractivity contribution in [1.82, 2.24) is 16.0 Å². The van der Waals surface area contributed by atoms with E-state index in [0.29, 0.717) is 5.02 Å². The molecule has 1 aliphatic heterocycles. The molecule has 3 amide bonds. The molecule has 2 aromatic carbocycles. The van der Waals surface area contributed by atoms with Gasteiger partial charge in [0.1, 0.15) is 6.04 Å². The minimum atomic E-state index is -0.569. The molecule has 3 rings (SSSR count). The number of carbonyl (C=O) groups excluding carboxylic acids is 2. The van der Waals surface area contributed by atoms with Crippen molar-refractivity contribution >= 4 is 23.5 Å². The highest BCUT2D eigenvalue weighted by Crippen LogP contribution is 2.23. The number of hydrogen-bond acceptors (Lipinski definition) is 2. The van der Waals surface area contributed by atoms with Gasteiger partial charge in [0.25, 0.3) is 0 Å². The minimum absolute atomic E-state index is 0.229. The van der Waals surface area contributed by atoms with Crippen LogP contribution in [0.25, 0.3) is 0 Å². The highest BCUT2D eigenvalue weighted by Gasteiger charge is 2.29. The van der Waals surface area contributed by atoms with Crippen LogP contribution in [0.15, 0.2) is 54.6 Å². The number of benzene rings is 2. The summed E-state index contributed by atoms with van der Waals surface area (Å²) in [6.07, 6.45) is 0. The van der Waals surface area contributed by atoms with E-state index < -0.39 is 6.04 Å². The predicted molar refractivity (Wildman–Crippen MR) is 88.2 cm³/mol. The molecule has 0 saturated carbocycles. The minimum Gasteiger partial charge on any atom is -0.343 e. The third-order valence-electron chi connectivity index (χ3n) is 3.71. The first-order valence-corrected chi connectivity index (χ1v) is 7.66. The van der Waals surface area contributed by atoms with E-state index in [2.05, 4.69) is 16.0 Å². The molecule has 0 bridgehead atoms. The second-order valence-corrected chi connectivity index (χ2v) is 5.75. The molecule has 0 spiro atoms. The van der Waals surface area contributed by atoms with Gasteiger partial charge in [-0.15, -0.1) is 0 Å². The van der Waals surface area contributed by atoms with Crippen molar-refractivity contribution in [2.75, 3.05) is 6.54 Å². The third-order valence-corrected chi connectivity index (χ3v) is 3.96. The molecular weight excluding hydrogens is 314 g/mol. The average Bonchev–Trinajstić information content (AvgIpc) is 3.01. The molecule has 23 heavy (non-hydrogen) atoms. The Hall–Kier alpha value is -2.53. The van der Waals surface area contributed by atoms with Crippen LogP contribution in [0, 0.1) is 0 Å². The van der Waals surface area contributed by atoms with Crippen molar-refractivity contribution in [3.05, 3.63) is 70.7 Å². The second-order valence-electron chi connectivity index (χ2n) is 5.31. The highest BCUT2D eigenvalue weighted by molar-refractivity contribution is 6.30. The van der Waals surface area contributed by atoms with E-state index in [-0.39, 0.29) is 24.5 Å². The quantitative estimate of drug-likeness (QED) is 0.805. The normalized spacial score (nSPS) is 18.0. The van der Waals surface area contributed by atoms with Gasteiger partial charge >= 0.3 is 6.03 Å². The molecule has 5 nitrogen and oxygen atoms in total. The van der Waals surface area contributed by atoms with Crippen molar-refractivity contribution in [2.24, 2.45) is 0 Å². The lowest BCUT2D eigenvalue weighted by molar-refractivity contribution is -0.122. The van der Waals surface area contributed by atoms with Crippen LogP contribution in [0.5, 0.6) is 0 Å². The Bertz CT molecular complexity index is 704. The van der Waals surface area contributed by atoms with Gasteiger partial charge in [-0.2, -0.15) is 0 Å². The molecule has 1 heterocycles. The predicted octanol–water partition coefficient (Wildman–Crippen LogP) is 2.23. The van der Waals surface area contributed by atoms with Gasteiger partial charge in [0, 0.05) is 11.6 Å². The molecule has 2 unspecified atom stereocenters. The highest BCUT2D eigenvalue weighted by atomic mass is 35.5. The smallest absolute Gasteiger partial charge is 0.315 e. The number of urea groups is 1. The summed E-state index contributed by atoms with van der Waals surface area (Å²) >= 11 is 5.94. The molecule has 0 aromatic heterocycles. The van der Waals surface area contributed by atoms with E-state index >= 15 is 0 Å². The summed E-state index contributed by atoms with van der Waals surface area (Å²) in [6, 6.07) is 15.8. The van der Waals surface area contributed by atoms with Gasteiger partial charge in [0.05, 0.1) is 6.04 Å². The second kappa shape index (κ2) is 6.71. The fraction of sp³-hybridized carbons (Fsp3) is 0.176. The first-order valence-electron chi connectivity index (χ1n) is 7.28. The lowest BCUT2D eigenvalue weighted by Crippen LogP contribution is -2.44. The van der Waals surface area contributed by atoms with Crippen LogP contribution in [0.4, 0.5) is 4.79 Å². The van der Waals surface area contributed by atoms with Crippen LogP contribution >= 0.6 is 11.6 Å². The summed E-state index contributed by atoms with van der Waals surface area (Å²) < 4.78 is 0. The van der Waals surface area contributed by atoms with E-state index in [1.54, 1.807) is 12.1 Å². The summed E-state index contributed by atoms with van der Waals surface area (Å²) in [5, 5.41) is 8.80. The van der Waals surface area contributed by atoms with E-state index in [9.17, 15) is 9.59 Å². The van der Waals surface area contributed by atoms with Crippen molar-refractivity contribution in [3.63, 3.8) is 0 Å². The van der Waals surface area contributed by atoms with Crippen LogP contribution in [0.1, 0.15) is 17.2 Å². The lowest BCUT2D eigenvalue weighted by Gasteiger charge is -2.21. The molecule has 6 heteroatoms. The standard InChI is InChI=1S/C17H16ClN3O2/c18-13-8-6-12(7-9-13)15(11-4-2-1-3-5-11)21-16(22)14-10-19-17(23)20-14/h1-9,14-15H,10H2,(H,21,22)(H2,19,20,23). The molecule has 1 fully saturated rings. The van der Waals surface area contributed by atoms with Gasteiger partial charge in [-0.25, -0.2) is 4.79 Å². The van der Waals surface area contributed by atoms with Gasteiger partial charge in [0.2, 0.25) is 5.91 Å². The van der Waals surface area contributed by atoms with Gasteiger partial charge in [0.15, 0.2) is 0 Å². The van der Waals surface area contributed by atoms with Crippen LogP contribution in [-0.4, -0.2) is 24.5 Å². The molecule has 3 N–H and O–H groups in total. The Morgan fingerprint density at radius 3 is 2.35 bits per heavy atom. The van der Waals surface area contributed by atoms with Crippen molar-refractivity contribution in [3.8, 4) is 0 Å². The summed E-state index contributed by atoms with van der Waals surface area (Å²) in [4.78, 5) is 23.6. The molecule has 2 aromatic rings. The zero-order valence-electron chi connectivity index (χ0n) is 12.3. The Labute approximate surface area is 139 Å². The molecule has 0 radical (unpaired) electrons. The molecular formula is C17H16ClN3O2. The van der Waals surface area contributed by atoms with Gasteiger partial charge in [-0.1, -0.05) is 54.1 Å². The van der Waals surface area contributed by atoms with Crippen LogP contribution in [0.3, 0.4) is 0 Å². The number of halogens is 1. The molecule has 1 aliphatic rings.